The zero-order valence-corrected chi connectivity index (χ0v) is 13.0. The molecule has 0 radical (unpaired) electrons. The van der Waals surface area contributed by atoms with Gasteiger partial charge in [0.05, 0.1) is 6.42 Å². The smallest absolute Gasteiger partial charge is 0.304 e. The lowest BCUT2D eigenvalue weighted by molar-refractivity contribution is -0.138. The predicted molar refractivity (Wildman–Crippen MR) is 79.3 cm³/mol. The third-order valence-corrected chi connectivity index (χ3v) is 4.45. The topological polar surface area (TPSA) is 40.5 Å². The molecule has 0 spiro atoms. The largest absolute Gasteiger partial charge is 0.481 e. The molecule has 0 aromatic heterocycles. The molecule has 0 heterocycles. The first kappa shape index (κ1) is 14.5. The zero-order valence-electron chi connectivity index (χ0n) is 11.4. The fourth-order valence-corrected chi connectivity index (χ4v) is 3.53. The first-order chi connectivity index (χ1) is 9.02. The highest BCUT2D eigenvalue weighted by Crippen LogP contribution is 2.38. The van der Waals surface area contributed by atoms with Gasteiger partial charge in [0.2, 0.25) is 0 Å². The van der Waals surface area contributed by atoms with Gasteiger partial charge in [-0.25, -0.2) is 0 Å². The summed E-state index contributed by atoms with van der Waals surface area (Å²) >= 11 is 3.51. The van der Waals surface area contributed by atoms with Crippen LogP contribution in [-0.2, 0) is 11.2 Å². The van der Waals surface area contributed by atoms with E-state index in [4.69, 9.17) is 5.11 Å². The molecular weight excluding hydrogens is 306 g/mol. The number of hydrogen-bond donors (Lipinski definition) is 1. The molecule has 0 amide bonds. The van der Waals surface area contributed by atoms with Gasteiger partial charge in [-0.3, -0.25) is 9.69 Å². The van der Waals surface area contributed by atoms with Crippen LogP contribution in [0.1, 0.15) is 43.9 Å². The number of benzene rings is 1. The summed E-state index contributed by atoms with van der Waals surface area (Å²) in [5.74, 6) is -0.722. The van der Waals surface area contributed by atoms with Crippen LogP contribution in [0.15, 0.2) is 22.7 Å². The van der Waals surface area contributed by atoms with Gasteiger partial charge in [0.15, 0.2) is 0 Å². The monoisotopic (exact) mass is 325 g/mol. The van der Waals surface area contributed by atoms with Gasteiger partial charge >= 0.3 is 5.97 Å². The minimum Gasteiger partial charge on any atom is -0.481 e. The van der Waals surface area contributed by atoms with Gasteiger partial charge in [-0.15, -0.1) is 0 Å². The zero-order chi connectivity index (χ0) is 14.0. The van der Waals surface area contributed by atoms with Crippen molar-refractivity contribution in [3.05, 3.63) is 33.8 Å². The Balaban J connectivity index is 2.20. The maximum atomic E-state index is 10.9. The fourth-order valence-electron chi connectivity index (χ4n) is 3.12. The summed E-state index contributed by atoms with van der Waals surface area (Å²) in [7, 11) is 0. The van der Waals surface area contributed by atoms with Crippen LogP contribution in [0.2, 0.25) is 0 Å². The van der Waals surface area contributed by atoms with E-state index in [1.54, 1.807) is 0 Å². The van der Waals surface area contributed by atoms with E-state index in [9.17, 15) is 4.79 Å². The summed E-state index contributed by atoms with van der Waals surface area (Å²) in [5, 5.41) is 8.97. The van der Waals surface area contributed by atoms with Crippen LogP contribution in [0.3, 0.4) is 0 Å². The molecule has 1 N–H and O–H groups in total. The van der Waals surface area contributed by atoms with Crippen LogP contribution >= 0.6 is 15.9 Å². The van der Waals surface area contributed by atoms with E-state index in [-0.39, 0.29) is 12.5 Å². The molecule has 2 rings (SSSR count). The second kappa shape index (κ2) is 6.06. The van der Waals surface area contributed by atoms with E-state index in [1.807, 2.05) is 6.92 Å². The molecule has 1 aromatic rings. The van der Waals surface area contributed by atoms with Crippen molar-refractivity contribution in [1.82, 2.24) is 4.90 Å². The Hall–Kier alpha value is -0.870. The lowest BCUT2D eigenvalue weighted by Crippen LogP contribution is -2.37. The number of nitrogens with zero attached hydrogens (tertiary/aromatic N) is 1. The van der Waals surface area contributed by atoms with Crippen molar-refractivity contribution < 1.29 is 9.90 Å². The summed E-state index contributed by atoms with van der Waals surface area (Å²) in [6.45, 7) is 5.00. The van der Waals surface area contributed by atoms with Crippen molar-refractivity contribution in [3.63, 3.8) is 0 Å². The van der Waals surface area contributed by atoms with Crippen molar-refractivity contribution in [2.45, 2.75) is 45.2 Å². The third-order valence-electron chi connectivity index (χ3n) is 3.95. The molecule has 1 aromatic carbocycles. The van der Waals surface area contributed by atoms with Crippen LogP contribution < -0.4 is 0 Å². The summed E-state index contributed by atoms with van der Waals surface area (Å²) in [5.41, 5.74) is 2.75. The van der Waals surface area contributed by atoms with Gasteiger partial charge in [-0.1, -0.05) is 28.9 Å². The molecule has 19 heavy (non-hydrogen) atoms. The second-order valence-electron chi connectivity index (χ2n) is 5.17. The third kappa shape index (κ3) is 3.18. The summed E-state index contributed by atoms with van der Waals surface area (Å²) < 4.78 is 1.12. The van der Waals surface area contributed by atoms with E-state index >= 15 is 0 Å². The molecular formula is C15H20BrNO2. The molecule has 4 heteroatoms. The molecule has 0 bridgehead atoms. The normalized spacial score (nSPS) is 19.5. The number of halogens is 1. The van der Waals surface area contributed by atoms with Crippen molar-refractivity contribution in [1.29, 1.82) is 0 Å². The maximum Gasteiger partial charge on any atom is 0.304 e. The van der Waals surface area contributed by atoms with Crippen molar-refractivity contribution in [2.75, 3.05) is 6.54 Å². The van der Waals surface area contributed by atoms with Gasteiger partial charge in [0.1, 0.15) is 0 Å². The van der Waals surface area contributed by atoms with Gasteiger partial charge in [0.25, 0.3) is 0 Å². The van der Waals surface area contributed by atoms with E-state index < -0.39 is 5.97 Å². The molecule has 3 nitrogen and oxygen atoms in total. The van der Waals surface area contributed by atoms with E-state index in [0.717, 1.165) is 23.9 Å². The van der Waals surface area contributed by atoms with Gasteiger partial charge in [-0.05, 0) is 49.6 Å². The standard InChI is InChI=1S/C15H20BrNO2/c1-3-17(10(2)8-15(18)19)14-7-4-11-9-12(16)5-6-13(11)14/h5-6,9-10,14H,3-4,7-8H2,1-2H3,(H,18,19). The van der Waals surface area contributed by atoms with Crippen LogP contribution in [-0.4, -0.2) is 28.6 Å². The lowest BCUT2D eigenvalue weighted by Gasteiger charge is -2.33. The van der Waals surface area contributed by atoms with Crippen LogP contribution in [0.4, 0.5) is 0 Å². The molecule has 0 aliphatic heterocycles. The second-order valence-corrected chi connectivity index (χ2v) is 6.09. The molecule has 2 atom stereocenters. The van der Waals surface area contributed by atoms with Gasteiger partial charge in [0, 0.05) is 16.6 Å². The number of carboxylic acids is 1. The quantitative estimate of drug-likeness (QED) is 0.898. The highest BCUT2D eigenvalue weighted by Gasteiger charge is 2.30. The molecule has 1 aliphatic rings. The number of aryl methyl sites for hydroxylation is 1. The Morgan fingerprint density at radius 3 is 2.95 bits per heavy atom. The number of carboxylic acid groups (broad SMARTS) is 1. The first-order valence-electron chi connectivity index (χ1n) is 6.78. The minimum absolute atomic E-state index is 0.0714. The maximum absolute atomic E-state index is 10.9. The van der Waals surface area contributed by atoms with Crippen molar-refractivity contribution >= 4 is 21.9 Å². The minimum atomic E-state index is -0.722. The molecule has 0 saturated heterocycles. The average molecular weight is 326 g/mol. The lowest BCUT2D eigenvalue weighted by atomic mass is 10.0. The van der Waals surface area contributed by atoms with Crippen molar-refractivity contribution in [2.24, 2.45) is 0 Å². The molecule has 104 valence electrons. The Morgan fingerprint density at radius 1 is 1.58 bits per heavy atom. The Kier molecular flexibility index (Phi) is 4.63. The summed E-state index contributed by atoms with van der Waals surface area (Å²) in [4.78, 5) is 13.2. The SMILES string of the molecule is CCN(C(C)CC(=O)O)C1CCc2cc(Br)ccc21. The Morgan fingerprint density at radius 2 is 2.32 bits per heavy atom. The molecule has 0 saturated carbocycles. The predicted octanol–water partition coefficient (Wildman–Crippen LogP) is 3.62. The number of hydrogen-bond acceptors (Lipinski definition) is 2. The fraction of sp³-hybridized carbons (Fsp3) is 0.533. The van der Waals surface area contributed by atoms with Gasteiger partial charge < -0.3 is 5.11 Å². The van der Waals surface area contributed by atoms with Crippen LogP contribution in [0, 0.1) is 0 Å². The highest BCUT2D eigenvalue weighted by atomic mass is 79.9. The Bertz CT molecular complexity index is 475. The average Bonchev–Trinajstić information content (AvgIpc) is 2.72. The van der Waals surface area contributed by atoms with Crippen LogP contribution in [0.5, 0.6) is 0 Å². The van der Waals surface area contributed by atoms with E-state index in [2.05, 4.69) is 46.0 Å². The van der Waals surface area contributed by atoms with E-state index in [1.165, 1.54) is 11.1 Å². The Labute approximate surface area is 122 Å². The number of rotatable bonds is 5. The van der Waals surface area contributed by atoms with Gasteiger partial charge in [-0.2, -0.15) is 0 Å². The number of aliphatic carboxylic acids is 1. The first-order valence-corrected chi connectivity index (χ1v) is 7.58. The molecule has 1 aliphatic carbocycles. The van der Waals surface area contributed by atoms with E-state index in [0.29, 0.717) is 6.04 Å². The number of carbonyl (C=O) groups is 1. The summed E-state index contributed by atoms with van der Waals surface area (Å²) in [6, 6.07) is 6.87. The van der Waals surface area contributed by atoms with Crippen molar-refractivity contribution in [3.8, 4) is 0 Å². The molecule has 0 fully saturated rings. The summed E-state index contributed by atoms with van der Waals surface area (Å²) in [6.07, 6.45) is 2.37. The number of fused-ring (bicyclic) bond motifs is 1. The molecule has 2 unspecified atom stereocenters. The van der Waals surface area contributed by atoms with Crippen LogP contribution in [0.25, 0.3) is 0 Å². The highest BCUT2D eigenvalue weighted by molar-refractivity contribution is 9.10.